The van der Waals surface area contributed by atoms with E-state index in [1.807, 2.05) is 0 Å². The number of nitrogens with one attached hydrogen (secondary N) is 2. The maximum atomic E-state index is 12.0. The summed E-state index contributed by atoms with van der Waals surface area (Å²) in [4.78, 5) is 22.3. The van der Waals surface area contributed by atoms with Gasteiger partial charge in [0.1, 0.15) is 12.1 Å². The second kappa shape index (κ2) is 7.30. The maximum absolute atomic E-state index is 12.0. The minimum atomic E-state index is -3.07. The summed E-state index contributed by atoms with van der Waals surface area (Å²) < 4.78 is 21.0. The van der Waals surface area contributed by atoms with Crippen LogP contribution in [0.15, 0.2) is 0 Å². The molecule has 0 rings (SSSR count). The highest BCUT2D eigenvalue weighted by Gasteiger charge is 2.28. The lowest BCUT2D eigenvalue weighted by molar-refractivity contribution is -0.142. The SMILES string of the molecule is COC(=O)[C@H](C)NP(=O)(I)N[C@@H](C)C(=O)OC. The standard InChI is InChI=1S/C8H16IN2O5P/c1-5(7(12)15-3)10-17(9,14)11-6(2)8(13)16-4/h5-6H,1-4H3,(H2,10,11,14)/t5-,6-/m0/s1. The van der Waals surface area contributed by atoms with Crippen LogP contribution < -0.4 is 10.2 Å². The minimum Gasteiger partial charge on any atom is -0.468 e. The monoisotopic (exact) mass is 378 g/mol. The van der Waals surface area contributed by atoms with Crippen LogP contribution in [0.4, 0.5) is 0 Å². The third kappa shape index (κ3) is 6.35. The third-order valence-corrected chi connectivity index (χ3v) is 4.94. The normalized spacial score (nSPS) is 14.9. The van der Waals surface area contributed by atoms with Gasteiger partial charge in [-0.25, -0.2) is 10.2 Å². The number of carbonyl (C=O) groups is 2. The molecule has 100 valence electrons. The molecular formula is C8H16IN2O5P. The molecule has 0 aliphatic carbocycles. The third-order valence-electron chi connectivity index (χ3n) is 1.83. The van der Waals surface area contributed by atoms with E-state index in [1.165, 1.54) is 28.1 Å². The lowest BCUT2D eigenvalue weighted by Gasteiger charge is -2.20. The van der Waals surface area contributed by atoms with Crippen LogP contribution >= 0.6 is 27.1 Å². The van der Waals surface area contributed by atoms with Gasteiger partial charge in [0.05, 0.1) is 14.2 Å². The first-order chi connectivity index (χ1) is 7.73. The second-order valence-electron chi connectivity index (χ2n) is 3.28. The van der Waals surface area contributed by atoms with E-state index >= 15 is 0 Å². The van der Waals surface area contributed by atoms with Crippen molar-refractivity contribution in [2.75, 3.05) is 14.2 Å². The lowest BCUT2D eigenvalue weighted by Crippen LogP contribution is -2.39. The predicted octanol–water partition coefficient (Wildman–Crippen LogP) is 0.832. The predicted molar refractivity (Wildman–Crippen MR) is 70.9 cm³/mol. The fourth-order valence-electron chi connectivity index (χ4n) is 0.994. The Bertz CT molecular complexity index is 310. The summed E-state index contributed by atoms with van der Waals surface area (Å²) in [5.74, 6) is -1.07. The number of ether oxygens (including phenoxy) is 2. The van der Waals surface area contributed by atoms with Gasteiger partial charge >= 0.3 is 11.9 Å². The van der Waals surface area contributed by atoms with Crippen LogP contribution in [0.2, 0.25) is 0 Å². The smallest absolute Gasteiger partial charge is 0.322 e. The minimum absolute atomic E-state index is 0.533. The van der Waals surface area contributed by atoms with E-state index in [0.29, 0.717) is 0 Å². The molecule has 0 aliphatic heterocycles. The van der Waals surface area contributed by atoms with Crippen molar-refractivity contribution in [1.29, 1.82) is 0 Å². The summed E-state index contributed by atoms with van der Waals surface area (Å²) in [5, 5.41) is 2.06. The van der Waals surface area contributed by atoms with E-state index in [9.17, 15) is 14.2 Å². The van der Waals surface area contributed by atoms with E-state index in [-0.39, 0.29) is 0 Å². The number of carbonyl (C=O) groups excluding carboxylic acids is 2. The highest BCUT2D eigenvalue weighted by Crippen LogP contribution is 2.46. The molecule has 9 heteroatoms. The molecule has 0 aliphatic rings. The number of rotatable bonds is 6. The van der Waals surface area contributed by atoms with E-state index in [2.05, 4.69) is 19.6 Å². The van der Waals surface area contributed by atoms with Crippen LogP contribution in [0.5, 0.6) is 0 Å². The Kier molecular flexibility index (Phi) is 7.22. The van der Waals surface area contributed by atoms with Crippen LogP contribution in [-0.2, 0) is 23.6 Å². The van der Waals surface area contributed by atoms with Crippen LogP contribution in [0.3, 0.4) is 0 Å². The molecule has 0 aromatic heterocycles. The Morgan fingerprint density at radius 2 is 1.35 bits per heavy atom. The molecular weight excluding hydrogens is 362 g/mol. The number of esters is 2. The number of methoxy groups -OCH3 is 2. The molecule has 0 amide bonds. The Morgan fingerprint density at radius 1 is 1.06 bits per heavy atom. The summed E-state index contributed by atoms with van der Waals surface area (Å²) >= 11 is 1.62. The Morgan fingerprint density at radius 3 is 1.59 bits per heavy atom. The van der Waals surface area contributed by atoms with E-state index < -0.39 is 29.1 Å². The Hall–Kier alpha value is -0.180. The van der Waals surface area contributed by atoms with Crippen molar-refractivity contribution in [1.82, 2.24) is 10.2 Å². The van der Waals surface area contributed by atoms with Crippen molar-refractivity contribution >= 4 is 39.1 Å². The summed E-state index contributed by atoms with van der Waals surface area (Å²) in [6, 6.07) is -1.47. The van der Waals surface area contributed by atoms with Gasteiger partial charge in [0.2, 0.25) is 0 Å². The van der Waals surface area contributed by atoms with Crippen molar-refractivity contribution in [3.8, 4) is 0 Å². The molecule has 0 unspecified atom stereocenters. The van der Waals surface area contributed by atoms with Gasteiger partial charge in [-0.05, 0) is 13.8 Å². The number of halogens is 1. The van der Waals surface area contributed by atoms with Gasteiger partial charge in [0.15, 0.2) is 0 Å². The number of hydrogen-bond acceptors (Lipinski definition) is 5. The Balaban J connectivity index is 4.44. The summed E-state index contributed by atoms with van der Waals surface area (Å²) in [6.07, 6.45) is 0. The fourth-order valence-corrected chi connectivity index (χ4v) is 4.78. The highest BCUT2D eigenvalue weighted by molar-refractivity contribution is 14.2. The van der Waals surface area contributed by atoms with Crippen LogP contribution in [-0.4, -0.2) is 38.2 Å². The highest BCUT2D eigenvalue weighted by atomic mass is 127. The molecule has 0 heterocycles. The molecule has 0 saturated carbocycles. The zero-order valence-electron chi connectivity index (χ0n) is 10.0. The molecule has 7 nitrogen and oxygen atoms in total. The molecule has 0 aromatic carbocycles. The first-order valence-electron chi connectivity index (χ1n) is 4.74. The van der Waals surface area contributed by atoms with Gasteiger partial charge < -0.3 is 9.47 Å². The lowest BCUT2D eigenvalue weighted by atomic mass is 10.4. The number of hydrogen-bond donors (Lipinski definition) is 2. The second-order valence-corrected chi connectivity index (χ2v) is 8.94. The van der Waals surface area contributed by atoms with Crippen molar-refractivity contribution < 1.29 is 23.6 Å². The zero-order chi connectivity index (χ0) is 13.6. The molecule has 0 saturated heterocycles. The summed E-state index contributed by atoms with van der Waals surface area (Å²) in [6.45, 7) is 3.03. The molecule has 0 fully saturated rings. The van der Waals surface area contributed by atoms with E-state index in [0.717, 1.165) is 0 Å². The Labute approximate surface area is 113 Å². The maximum Gasteiger partial charge on any atom is 0.322 e. The van der Waals surface area contributed by atoms with Gasteiger partial charge in [-0.2, -0.15) is 0 Å². The molecule has 0 spiro atoms. The quantitative estimate of drug-likeness (QED) is 0.402. The van der Waals surface area contributed by atoms with Crippen LogP contribution in [0, 0.1) is 0 Å². The van der Waals surface area contributed by atoms with Gasteiger partial charge in [-0.15, -0.1) is 0 Å². The molecule has 0 bridgehead atoms. The molecule has 2 N–H and O–H groups in total. The van der Waals surface area contributed by atoms with Gasteiger partial charge in [0.25, 0.3) is 5.09 Å². The molecule has 2 atom stereocenters. The largest absolute Gasteiger partial charge is 0.468 e. The van der Waals surface area contributed by atoms with Gasteiger partial charge in [-0.3, -0.25) is 14.2 Å². The topological polar surface area (TPSA) is 93.7 Å². The molecule has 0 aromatic rings. The average Bonchev–Trinajstić information content (AvgIpc) is 2.25. The van der Waals surface area contributed by atoms with Crippen molar-refractivity contribution in [2.24, 2.45) is 0 Å². The summed E-state index contributed by atoms with van der Waals surface area (Å²) in [7, 11) is 2.48. The molecule has 17 heavy (non-hydrogen) atoms. The van der Waals surface area contributed by atoms with E-state index in [4.69, 9.17) is 0 Å². The van der Waals surface area contributed by atoms with Crippen molar-refractivity contribution in [3.05, 3.63) is 0 Å². The van der Waals surface area contributed by atoms with Crippen LogP contribution in [0.1, 0.15) is 13.8 Å². The first kappa shape index (κ1) is 16.8. The fraction of sp³-hybridized carbons (Fsp3) is 0.750. The zero-order valence-corrected chi connectivity index (χ0v) is 13.1. The summed E-state index contributed by atoms with van der Waals surface area (Å²) in [5.41, 5.74) is 0. The van der Waals surface area contributed by atoms with Crippen LogP contribution in [0.25, 0.3) is 0 Å². The molecule has 0 radical (unpaired) electrons. The van der Waals surface area contributed by atoms with Gasteiger partial charge in [-0.1, -0.05) is 0 Å². The van der Waals surface area contributed by atoms with Gasteiger partial charge in [0, 0.05) is 22.0 Å². The van der Waals surface area contributed by atoms with E-state index in [1.54, 1.807) is 22.0 Å². The van der Waals surface area contributed by atoms with Crippen molar-refractivity contribution in [2.45, 2.75) is 25.9 Å². The average molecular weight is 378 g/mol. The van der Waals surface area contributed by atoms with Crippen molar-refractivity contribution in [3.63, 3.8) is 0 Å². The first-order valence-corrected chi connectivity index (χ1v) is 9.23.